The van der Waals surface area contributed by atoms with E-state index in [-0.39, 0.29) is 10.8 Å². The highest BCUT2D eigenvalue weighted by molar-refractivity contribution is 7.89. The van der Waals surface area contributed by atoms with E-state index in [1.54, 1.807) is 12.1 Å². The molecule has 6 nitrogen and oxygen atoms in total. The largest absolute Gasteiger partial charge is 0.355 e. The molecular formula is C21H27N3O3S. The number of sulfonamides is 1. The predicted molar refractivity (Wildman–Crippen MR) is 109 cm³/mol. The maximum Gasteiger partial charge on any atom is 0.238 e. The van der Waals surface area contributed by atoms with Crippen LogP contribution in [0.1, 0.15) is 23.1 Å². The lowest BCUT2D eigenvalue weighted by molar-refractivity contribution is -0.120. The van der Waals surface area contributed by atoms with Gasteiger partial charge in [-0.2, -0.15) is 0 Å². The Hall–Kier alpha value is -2.22. The van der Waals surface area contributed by atoms with Crippen LogP contribution in [0.5, 0.6) is 0 Å². The average molecular weight is 402 g/mol. The lowest BCUT2D eigenvalue weighted by Crippen LogP contribution is -2.27. The van der Waals surface area contributed by atoms with Crippen LogP contribution in [0.2, 0.25) is 0 Å². The minimum Gasteiger partial charge on any atom is -0.355 e. The number of hydrogen-bond acceptors (Lipinski definition) is 4. The molecule has 2 aromatic rings. The number of carbonyl (C=O) groups is 1. The van der Waals surface area contributed by atoms with Crippen molar-refractivity contribution in [3.63, 3.8) is 0 Å². The Labute approximate surface area is 166 Å². The summed E-state index contributed by atoms with van der Waals surface area (Å²) in [6.45, 7) is 2.70. The normalized spacial score (nSPS) is 16.8. The molecule has 0 saturated carbocycles. The van der Waals surface area contributed by atoms with Gasteiger partial charge in [0.15, 0.2) is 0 Å². The Morgan fingerprint density at radius 3 is 2.29 bits per heavy atom. The predicted octanol–water partition coefficient (Wildman–Crippen LogP) is 1.39. The first-order valence-corrected chi connectivity index (χ1v) is 11.1. The Morgan fingerprint density at radius 2 is 1.68 bits per heavy atom. The van der Waals surface area contributed by atoms with Gasteiger partial charge in [-0.1, -0.05) is 36.4 Å². The van der Waals surface area contributed by atoms with Crippen LogP contribution >= 0.6 is 0 Å². The van der Waals surface area contributed by atoms with E-state index in [2.05, 4.69) is 22.8 Å². The fourth-order valence-electron chi connectivity index (χ4n) is 3.46. The number of hydrogen-bond donors (Lipinski definition) is 3. The van der Waals surface area contributed by atoms with Crippen LogP contribution in [-0.4, -0.2) is 34.0 Å². The molecule has 1 aliphatic heterocycles. The molecule has 1 fully saturated rings. The number of primary sulfonamides is 1. The zero-order valence-corrected chi connectivity index (χ0v) is 16.7. The standard InChI is InChI=1S/C21H27N3O3S/c22-28(26,27)20-7-5-16(6-8-20)10-12-24-21(25)14-18-3-1-17(2-4-18)13-19-9-11-23-15-19/h1-8,19,23H,9-15H2,(H,24,25)(H2,22,26,27). The summed E-state index contributed by atoms with van der Waals surface area (Å²) < 4.78 is 22.5. The number of benzene rings is 2. The van der Waals surface area contributed by atoms with E-state index >= 15 is 0 Å². The second kappa shape index (κ2) is 9.32. The molecule has 1 saturated heterocycles. The number of carbonyl (C=O) groups excluding carboxylic acids is 1. The molecule has 0 aromatic heterocycles. The molecule has 0 bridgehead atoms. The maximum absolute atomic E-state index is 12.1. The SMILES string of the molecule is NS(=O)(=O)c1ccc(CCNC(=O)Cc2ccc(CC3CCNC3)cc2)cc1. The second-order valence-electron chi connectivity index (χ2n) is 7.35. The van der Waals surface area contributed by atoms with Crippen molar-refractivity contribution in [2.45, 2.75) is 30.6 Å². The molecule has 0 aliphatic carbocycles. The zero-order chi connectivity index (χ0) is 20.0. The van der Waals surface area contributed by atoms with Gasteiger partial charge in [0.05, 0.1) is 11.3 Å². The highest BCUT2D eigenvalue weighted by atomic mass is 32.2. The Bertz CT molecular complexity index is 887. The van der Waals surface area contributed by atoms with Crippen molar-refractivity contribution < 1.29 is 13.2 Å². The van der Waals surface area contributed by atoms with Crippen molar-refractivity contribution in [2.24, 2.45) is 11.1 Å². The van der Waals surface area contributed by atoms with Crippen LogP contribution in [0.3, 0.4) is 0 Å². The molecule has 1 heterocycles. The molecule has 7 heteroatoms. The highest BCUT2D eigenvalue weighted by Crippen LogP contribution is 2.16. The minimum atomic E-state index is -3.67. The fourth-order valence-corrected chi connectivity index (χ4v) is 3.97. The summed E-state index contributed by atoms with van der Waals surface area (Å²) >= 11 is 0. The molecule has 3 rings (SSSR count). The first-order chi connectivity index (χ1) is 13.4. The molecule has 1 atom stereocenters. The Kier molecular flexibility index (Phi) is 6.83. The van der Waals surface area contributed by atoms with Gasteiger partial charge in [0.1, 0.15) is 0 Å². The van der Waals surface area contributed by atoms with Gasteiger partial charge in [-0.3, -0.25) is 4.79 Å². The lowest BCUT2D eigenvalue weighted by atomic mass is 9.97. The van der Waals surface area contributed by atoms with Crippen molar-refractivity contribution in [2.75, 3.05) is 19.6 Å². The molecule has 4 N–H and O–H groups in total. The van der Waals surface area contributed by atoms with E-state index in [0.717, 1.165) is 30.6 Å². The van der Waals surface area contributed by atoms with Gasteiger partial charge in [0, 0.05) is 6.54 Å². The van der Waals surface area contributed by atoms with Gasteiger partial charge in [-0.05, 0) is 67.1 Å². The topological polar surface area (TPSA) is 101 Å². The quantitative estimate of drug-likeness (QED) is 0.622. The van der Waals surface area contributed by atoms with Crippen LogP contribution in [0.15, 0.2) is 53.4 Å². The van der Waals surface area contributed by atoms with E-state index in [1.165, 1.54) is 24.1 Å². The average Bonchev–Trinajstić information content (AvgIpc) is 3.16. The summed E-state index contributed by atoms with van der Waals surface area (Å²) in [6, 6.07) is 14.7. The van der Waals surface area contributed by atoms with Gasteiger partial charge < -0.3 is 10.6 Å². The maximum atomic E-state index is 12.1. The van der Waals surface area contributed by atoms with E-state index in [9.17, 15) is 13.2 Å². The number of nitrogens with two attached hydrogens (primary N) is 1. The summed E-state index contributed by atoms with van der Waals surface area (Å²) in [5, 5.41) is 11.4. The zero-order valence-electron chi connectivity index (χ0n) is 15.9. The summed E-state index contributed by atoms with van der Waals surface area (Å²) in [6.07, 6.45) is 3.30. The monoisotopic (exact) mass is 401 g/mol. The summed E-state index contributed by atoms with van der Waals surface area (Å²) in [5.41, 5.74) is 3.27. The molecular weight excluding hydrogens is 374 g/mol. The van der Waals surface area contributed by atoms with E-state index in [1.807, 2.05) is 12.1 Å². The molecule has 150 valence electrons. The molecule has 1 amide bonds. The van der Waals surface area contributed by atoms with Crippen LogP contribution in [0, 0.1) is 5.92 Å². The second-order valence-corrected chi connectivity index (χ2v) is 8.91. The van der Waals surface area contributed by atoms with Crippen LogP contribution in [-0.2, 0) is 34.1 Å². The van der Waals surface area contributed by atoms with Gasteiger partial charge in [0.2, 0.25) is 15.9 Å². The fraction of sp³-hybridized carbons (Fsp3) is 0.381. The first-order valence-electron chi connectivity index (χ1n) is 9.57. The number of nitrogens with one attached hydrogen (secondary N) is 2. The molecule has 1 aliphatic rings. The third kappa shape index (κ3) is 6.15. The van der Waals surface area contributed by atoms with Gasteiger partial charge >= 0.3 is 0 Å². The van der Waals surface area contributed by atoms with Crippen molar-refractivity contribution in [3.8, 4) is 0 Å². The molecule has 0 spiro atoms. The summed E-state index contributed by atoms with van der Waals surface area (Å²) in [5.74, 6) is 0.696. The minimum absolute atomic E-state index is 0.0195. The van der Waals surface area contributed by atoms with Crippen molar-refractivity contribution in [1.29, 1.82) is 0 Å². The van der Waals surface area contributed by atoms with Crippen molar-refractivity contribution >= 4 is 15.9 Å². The molecule has 28 heavy (non-hydrogen) atoms. The van der Waals surface area contributed by atoms with E-state index in [0.29, 0.717) is 25.3 Å². The third-order valence-electron chi connectivity index (χ3n) is 5.06. The van der Waals surface area contributed by atoms with Gasteiger partial charge in [0.25, 0.3) is 0 Å². The molecule has 0 radical (unpaired) electrons. The van der Waals surface area contributed by atoms with E-state index < -0.39 is 10.0 Å². The highest BCUT2D eigenvalue weighted by Gasteiger charge is 2.14. The molecule has 1 unspecified atom stereocenters. The number of rotatable bonds is 8. The molecule has 2 aromatic carbocycles. The van der Waals surface area contributed by atoms with Crippen LogP contribution < -0.4 is 15.8 Å². The van der Waals surface area contributed by atoms with Crippen molar-refractivity contribution in [3.05, 3.63) is 65.2 Å². The third-order valence-corrected chi connectivity index (χ3v) is 5.99. The van der Waals surface area contributed by atoms with E-state index in [4.69, 9.17) is 5.14 Å². The van der Waals surface area contributed by atoms with Gasteiger partial charge in [-0.25, -0.2) is 13.6 Å². The Balaban J connectivity index is 1.41. The smallest absolute Gasteiger partial charge is 0.238 e. The van der Waals surface area contributed by atoms with Crippen LogP contribution in [0.4, 0.5) is 0 Å². The number of amides is 1. The van der Waals surface area contributed by atoms with Gasteiger partial charge in [-0.15, -0.1) is 0 Å². The van der Waals surface area contributed by atoms with Crippen molar-refractivity contribution in [1.82, 2.24) is 10.6 Å². The lowest BCUT2D eigenvalue weighted by Gasteiger charge is -2.09. The summed E-state index contributed by atoms with van der Waals surface area (Å²) in [4.78, 5) is 12.2. The first kappa shape index (κ1) is 20.5. The summed E-state index contributed by atoms with van der Waals surface area (Å²) in [7, 11) is -3.67. The Morgan fingerprint density at radius 1 is 1.04 bits per heavy atom. The van der Waals surface area contributed by atoms with Crippen LogP contribution in [0.25, 0.3) is 0 Å².